The summed E-state index contributed by atoms with van der Waals surface area (Å²) in [6.45, 7) is 7.37. The summed E-state index contributed by atoms with van der Waals surface area (Å²) in [5, 5.41) is 10.6. The first-order valence-electron chi connectivity index (χ1n) is 11.0. The third-order valence-corrected chi connectivity index (χ3v) is 5.55. The molecule has 174 valence electrons. The molecule has 9 heteroatoms. The first-order valence-corrected chi connectivity index (χ1v) is 11.0. The van der Waals surface area contributed by atoms with Gasteiger partial charge in [-0.2, -0.15) is 9.78 Å². The lowest BCUT2D eigenvalue weighted by Gasteiger charge is -2.15. The van der Waals surface area contributed by atoms with Crippen molar-refractivity contribution in [2.45, 2.75) is 13.8 Å². The molecule has 0 atom stereocenters. The summed E-state index contributed by atoms with van der Waals surface area (Å²) < 4.78 is 6.35. The van der Waals surface area contributed by atoms with Crippen molar-refractivity contribution in [2.75, 3.05) is 39.8 Å². The molecule has 0 spiro atoms. The van der Waals surface area contributed by atoms with Crippen LogP contribution in [0.1, 0.15) is 24.3 Å². The molecule has 33 heavy (non-hydrogen) atoms. The Labute approximate surface area is 192 Å². The lowest BCUT2D eigenvalue weighted by Crippen LogP contribution is -3.12. The number of quaternary nitrogens is 1. The summed E-state index contributed by atoms with van der Waals surface area (Å²) in [6.07, 6.45) is 0. The predicted octanol–water partition coefficient (Wildman–Crippen LogP) is 0.165. The first-order chi connectivity index (χ1) is 16.0. The van der Waals surface area contributed by atoms with E-state index in [0.717, 1.165) is 19.6 Å². The molecular formula is C24H30N5O4+. The van der Waals surface area contributed by atoms with Crippen molar-refractivity contribution < 1.29 is 19.2 Å². The average Bonchev–Trinajstić information content (AvgIpc) is 2.85. The van der Waals surface area contributed by atoms with E-state index in [9.17, 15) is 14.4 Å². The second kappa shape index (κ2) is 11.2. The number of hydrogen-bond acceptors (Lipinski definition) is 5. The van der Waals surface area contributed by atoms with Gasteiger partial charge in [-0.15, -0.1) is 0 Å². The van der Waals surface area contributed by atoms with E-state index >= 15 is 0 Å². The zero-order valence-corrected chi connectivity index (χ0v) is 19.2. The van der Waals surface area contributed by atoms with Crippen LogP contribution in [0.5, 0.6) is 5.75 Å². The number of methoxy groups -OCH3 is 1. The summed E-state index contributed by atoms with van der Waals surface area (Å²) in [5.41, 5.74) is 0.225. The van der Waals surface area contributed by atoms with Gasteiger partial charge >= 0.3 is 0 Å². The second-order valence-corrected chi connectivity index (χ2v) is 7.55. The SMILES string of the molecule is CC[NH+](CC)CCNC(=O)CNC(=O)c1nn(-c2ccc(OC)cc2)c(=O)c2ccccc12. The lowest BCUT2D eigenvalue weighted by atomic mass is 10.1. The highest BCUT2D eigenvalue weighted by Gasteiger charge is 2.18. The van der Waals surface area contributed by atoms with Crippen LogP contribution >= 0.6 is 0 Å². The maximum atomic E-state index is 13.0. The number of likely N-dealkylation sites (N-methyl/N-ethyl adjacent to an activating group) is 1. The van der Waals surface area contributed by atoms with Crippen LogP contribution < -0.4 is 25.8 Å². The Balaban J connectivity index is 1.80. The van der Waals surface area contributed by atoms with E-state index in [1.807, 2.05) is 0 Å². The normalized spacial score (nSPS) is 10.9. The van der Waals surface area contributed by atoms with E-state index in [2.05, 4.69) is 29.6 Å². The number of hydrogen-bond donors (Lipinski definition) is 3. The van der Waals surface area contributed by atoms with E-state index in [4.69, 9.17) is 4.74 Å². The molecule has 2 amide bonds. The van der Waals surface area contributed by atoms with Crippen LogP contribution in [-0.4, -0.2) is 61.4 Å². The zero-order chi connectivity index (χ0) is 23.8. The highest BCUT2D eigenvalue weighted by Crippen LogP contribution is 2.17. The Morgan fingerprint density at radius 3 is 2.30 bits per heavy atom. The highest BCUT2D eigenvalue weighted by atomic mass is 16.5. The Hall–Kier alpha value is -3.72. The molecule has 3 N–H and O–H groups in total. The van der Waals surface area contributed by atoms with Gasteiger partial charge in [0.1, 0.15) is 5.75 Å². The Morgan fingerprint density at radius 2 is 1.67 bits per heavy atom. The van der Waals surface area contributed by atoms with Gasteiger partial charge in [-0.25, -0.2) is 0 Å². The molecule has 3 rings (SSSR count). The maximum Gasteiger partial charge on any atom is 0.279 e. The number of aromatic nitrogens is 2. The van der Waals surface area contributed by atoms with Crippen molar-refractivity contribution in [3.63, 3.8) is 0 Å². The van der Waals surface area contributed by atoms with Crippen LogP contribution in [0.25, 0.3) is 16.5 Å². The first kappa shape index (κ1) is 23.9. The number of benzene rings is 2. The summed E-state index contributed by atoms with van der Waals surface area (Å²) in [4.78, 5) is 39.5. The van der Waals surface area contributed by atoms with Crippen molar-refractivity contribution in [3.05, 3.63) is 64.6 Å². The van der Waals surface area contributed by atoms with E-state index in [1.54, 1.807) is 55.6 Å². The van der Waals surface area contributed by atoms with E-state index < -0.39 is 5.91 Å². The largest absolute Gasteiger partial charge is 0.497 e. The molecule has 9 nitrogen and oxygen atoms in total. The number of amides is 2. The van der Waals surface area contributed by atoms with Gasteiger partial charge in [0.2, 0.25) is 5.91 Å². The Morgan fingerprint density at radius 1 is 1.00 bits per heavy atom. The zero-order valence-electron chi connectivity index (χ0n) is 19.2. The molecular weight excluding hydrogens is 422 g/mol. The molecule has 0 radical (unpaired) electrons. The van der Waals surface area contributed by atoms with Crippen LogP contribution in [0, 0.1) is 0 Å². The van der Waals surface area contributed by atoms with E-state index in [1.165, 1.54) is 9.58 Å². The molecule has 0 saturated heterocycles. The molecule has 0 aliphatic rings. The molecule has 2 aromatic carbocycles. The van der Waals surface area contributed by atoms with Gasteiger partial charge in [0.15, 0.2) is 5.69 Å². The number of carbonyl (C=O) groups is 2. The van der Waals surface area contributed by atoms with Crippen molar-refractivity contribution in [3.8, 4) is 11.4 Å². The minimum absolute atomic E-state index is 0.0707. The van der Waals surface area contributed by atoms with Crippen molar-refractivity contribution in [1.29, 1.82) is 0 Å². The monoisotopic (exact) mass is 452 g/mol. The fourth-order valence-corrected chi connectivity index (χ4v) is 3.54. The van der Waals surface area contributed by atoms with E-state index in [-0.39, 0.29) is 23.7 Å². The lowest BCUT2D eigenvalue weighted by molar-refractivity contribution is -0.895. The average molecular weight is 453 g/mol. The number of nitrogens with one attached hydrogen (secondary N) is 3. The number of ether oxygens (including phenoxy) is 1. The van der Waals surface area contributed by atoms with Crippen molar-refractivity contribution in [2.24, 2.45) is 0 Å². The third-order valence-electron chi connectivity index (χ3n) is 5.55. The predicted molar refractivity (Wildman–Crippen MR) is 126 cm³/mol. The molecule has 0 unspecified atom stereocenters. The highest BCUT2D eigenvalue weighted by molar-refractivity contribution is 6.05. The number of rotatable bonds is 10. The number of nitrogens with zero attached hydrogens (tertiary/aromatic N) is 2. The van der Waals surface area contributed by atoms with Crippen molar-refractivity contribution in [1.82, 2.24) is 20.4 Å². The summed E-state index contributed by atoms with van der Waals surface area (Å²) >= 11 is 0. The molecule has 1 aromatic heterocycles. The van der Waals surface area contributed by atoms with Gasteiger partial charge in [-0.3, -0.25) is 14.4 Å². The van der Waals surface area contributed by atoms with Gasteiger partial charge in [0.25, 0.3) is 11.5 Å². The minimum Gasteiger partial charge on any atom is -0.497 e. The van der Waals surface area contributed by atoms with Crippen LogP contribution in [0.3, 0.4) is 0 Å². The van der Waals surface area contributed by atoms with Crippen LogP contribution in [0.4, 0.5) is 0 Å². The minimum atomic E-state index is -0.530. The Bertz CT molecular complexity index is 1170. The summed E-state index contributed by atoms with van der Waals surface area (Å²) in [5.74, 6) is -0.167. The standard InChI is InChI=1S/C24H29N5O4/c1-4-28(5-2)15-14-25-21(30)16-26-23(31)22-19-8-6-7-9-20(19)24(32)29(27-22)17-10-12-18(33-3)13-11-17/h6-13H,4-5,14-16H2,1-3H3,(H,25,30)(H,26,31)/p+1. The molecule has 0 saturated carbocycles. The molecule has 3 aromatic rings. The van der Waals surface area contributed by atoms with Gasteiger partial charge < -0.3 is 20.3 Å². The smallest absolute Gasteiger partial charge is 0.279 e. The topological polar surface area (TPSA) is 107 Å². The Kier molecular flexibility index (Phi) is 8.15. The number of fused-ring (bicyclic) bond motifs is 1. The van der Waals surface area contributed by atoms with Gasteiger partial charge in [0, 0.05) is 5.39 Å². The molecule has 0 fully saturated rings. The van der Waals surface area contributed by atoms with Gasteiger partial charge in [-0.1, -0.05) is 18.2 Å². The quantitative estimate of drug-likeness (QED) is 0.407. The number of carbonyl (C=O) groups excluding carboxylic acids is 2. The molecule has 0 aliphatic heterocycles. The summed E-state index contributed by atoms with van der Waals surface area (Å²) in [7, 11) is 1.55. The fourth-order valence-electron chi connectivity index (χ4n) is 3.54. The maximum absolute atomic E-state index is 13.0. The van der Waals surface area contributed by atoms with Gasteiger partial charge in [0.05, 0.1) is 50.9 Å². The fraction of sp³-hybridized carbons (Fsp3) is 0.333. The van der Waals surface area contributed by atoms with Crippen LogP contribution in [0.15, 0.2) is 53.3 Å². The summed E-state index contributed by atoms with van der Waals surface area (Å²) in [6, 6.07) is 13.6. The second-order valence-electron chi connectivity index (χ2n) is 7.55. The van der Waals surface area contributed by atoms with Crippen LogP contribution in [0.2, 0.25) is 0 Å². The van der Waals surface area contributed by atoms with Gasteiger partial charge in [-0.05, 0) is 44.2 Å². The van der Waals surface area contributed by atoms with Crippen LogP contribution in [-0.2, 0) is 4.79 Å². The molecule has 0 bridgehead atoms. The third kappa shape index (κ3) is 5.75. The van der Waals surface area contributed by atoms with Crippen molar-refractivity contribution >= 4 is 22.6 Å². The van der Waals surface area contributed by atoms with E-state index in [0.29, 0.717) is 28.8 Å². The molecule has 0 aliphatic carbocycles. The molecule has 1 heterocycles.